The second kappa shape index (κ2) is 6.80. The van der Waals surface area contributed by atoms with Crippen LogP contribution in [0.2, 0.25) is 0 Å². The van der Waals surface area contributed by atoms with E-state index < -0.39 is 11.7 Å². The number of hydrogen-bond acceptors (Lipinski definition) is 4. The fraction of sp³-hybridized carbons (Fsp3) is 0.111. The van der Waals surface area contributed by atoms with Crippen molar-refractivity contribution in [1.29, 1.82) is 0 Å². The number of benzene rings is 2. The van der Waals surface area contributed by atoms with Crippen molar-refractivity contribution in [2.45, 2.75) is 6.18 Å². The molecule has 2 aromatic carbocycles. The Balaban J connectivity index is 2.19. The van der Waals surface area contributed by atoms with Crippen molar-refractivity contribution in [3.05, 3.63) is 65.2 Å². The van der Waals surface area contributed by atoms with Crippen LogP contribution in [0.25, 0.3) is 11.0 Å². The standard InChI is InChI=1S/C18H13F3N2O2S/c1-24-13-5-3-12(4-6-13)23-17-14(16(22)26)9-10-8-11(18(19,20)21)2-7-15(10)25-17/h2-9H,1H3,(H2,22,26)/b23-17-. The zero-order valence-electron chi connectivity index (χ0n) is 13.5. The second-order valence-corrected chi connectivity index (χ2v) is 5.83. The fourth-order valence-corrected chi connectivity index (χ4v) is 2.49. The molecular formula is C18H13F3N2O2S. The van der Waals surface area contributed by atoms with Gasteiger partial charge >= 0.3 is 6.18 Å². The first-order chi connectivity index (χ1) is 12.3. The number of nitrogens with two attached hydrogens (primary N) is 1. The first-order valence-electron chi connectivity index (χ1n) is 7.41. The maximum Gasteiger partial charge on any atom is 0.416 e. The molecule has 0 fully saturated rings. The molecule has 0 unspecified atom stereocenters. The average Bonchev–Trinajstić information content (AvgIpc) is 2.60. The molecule has 134 valence electrons. The summed E-state index contributed by atoms with van der Waals surface area (Å²) in [5.74, 6) is 0.661. The van der Waals surface area contributed by atoms with E-state index in [9.17, 15) is 13.2 Å². The first kappa shape index (κ1) is 17.9. The summed E-state index contributed by atoms with van der Waals surface area (Å²) < 4.78 is 49.4. The average molecular weight is 378 g/mol. The lowest BCUT2D eigenvalue weighted by Crippen LogP contribution is -2.20. The highest BCUT2D eigenvalue weighted by Crippen LogP contribution is 2.31. The van der Waals surface area contributed by atoms with Crippen molar-refractivity contribution < 1.29 is 22.3 Å². The predicted molar refractivity (Wildman–Crippen MR) is 95.3 cm³/mol. The van der Waals surface area contributed by atoms with Gasteiger partial charge in [0.2, 0.25) is 5.55 Å². The Hall–Kier alpha value is -2.87. The highest BCUT2D eigenvalue weighted by atomic mass is 32.1. The van der Waals surface area contributed by atoms with Crippen molar-refractivity contribution in [3.8, 4) is 5.75 Å². The molecular weight excluding hydrogens is 365 g/mol. The number of alkyl halides is 3. The summed E-state index contributed by atoms with van der Waals surface area (Å²) in [7, 11) is 1.55. The molecule has 1 aromatic heterocycles. The van der Waals surface area contributed by atoms with Crippen molar-refractivity contribution in [2.24, 2.45) is 10.7 Å². The van der Waals surface area contributed by atoms with Crippen LogP contribution in [0.5, 0.6) is 5.75 Å². The molecule has 8 heteroatoms. The molecule has 0 saturated carbocycles. The van der Waals surface area contributed by atoms with Gasteiger partial charge in [0.1, 0.15) is 16.3 Å². The third-order valence-corrected chi connectivity index (χ3v) is 3.86. The molecule has 0 spiro atoms. The molecule has 0 aliphatic heterocycles. The molecule has 3 aromatic rings. The van der Waals surface area contributed by atoms with Gasteiger partial charge in [0.05, 0.1) is 23.9 Å². The number of ether oxygens (including phenoxy) is 1. The summed E-state index contributed by atoms with van der Waals surface area (Å²) in [6.45, 7) is 0. The van der Waals surface area contributed by atoms with Crippen LogP contribution in [0.1, 0.15) is 11.1 Å². The first-order valence-corrected chi connectivity index (χ1v) is 7.82. The number of thiocarbonyl (C=S) groups is 1. The molecule has 4 nitrogen and oxygen atoms in total. The van der Waals surface area contributed by atoms with E-state index in [0.29, 0.717) is 11.4 Å². The fourth-order valence-electron chi connectivity index (χ4n) is 2.34. The van der Waals surface area contributed by atoms with E-state index in [1.54, 1.807) is 31.4 Å². The number of methoxy groups -OCH3 is 1. The molecule has 0 saturated heterocycles. The minimum absolute atomic E-state index is 0.0275. The number of halogens is 3. The highest BCUT2D eigenvalue weighted by Gasteiger charge is 2.30. The lowest BCUT2D eigenvalue weighted by Gasteiger charge is -2.08. The van der Waals surface area contributed by atoms with Gasteiger partial charge in [-0.15, -0.1) is 0 Å². The summed E-state index contributed by atoms with van der Waals surface area (Å²) in [6.07, 6.45) is -4.45. The van der Waals surface area contributed by atoms with Gasteiger partial charge in [0.15, 0.2) is 0 Å². The number of rotatable bonds is 3. The molecule has 3 rings (SSSR count). The van der Waals surface area contributed by atoms with Crippen LogP contribution in [-0.2, 0) is 6.18 Å². The Labute approximate surface area is 151 Å². The van der Waals surface area contributed by atoms with Crippen molar-refractivity contribution in [1.82, 2.24) is 0 Å². The van der Waals surface area contributed by atoms with Crippen LogP contribution in [0, 0.1) is 0 Å². The Kier molecular flexibility index (Phi) is 4.69. The van der Waals surface area contributed by atoms with E-state index in [0.717, 1.165) is 12.1 Å². The normalized spacial score (nSPS) is 12.4. The molecule has 0 aliphatic rings. The number of nitrogens with zero attached hydrogens (tertiary/aromatic N) is 1. The van der Waals surface area contributed by atoms with Gasteiger partial charge in [-0.1, -0.05) is 12.2 Å². The van der Waals surface area contributed by atoms with Crippen molar-refractivity contribution >= 4 is 33.9 Å². The van der Waals surface area contributed by atoms with Crippen LogP contribution in [0.15, 0.2) is 57.9 Å². The summed E-state index contributed by atoms with van der Waals surface area (Å²) in [5.41, 5.74) is 6.08. The molecule has 0 bridgehead atoms. The highest BCUT2D eigenvalue weighted by molar-refractivity contribution is 7.80. The third-order valence-electron chi connectivity index (χ3n) is 3.64. The smallest absolute Gasteiger partial charge is 0.416 e. The van der Waals surface area contributed by atoms with Gasteiger partial charge in [-0.3, -0.25) is 0 Å². The second-order valence-electron chi connectivity index (χ2n) is 5.39. The van der Waals surface area contributed by atoms with Gasteiger partial charge in [0.25, 0.3) is 0 Å². The number of hydrogen-bond donors (Lipinski definition) is 1. The topological polar surface area (TPSA) is 60.8 Å². The van der Waals surface area contributed by atoms with Gasteiger partial charge in [-0.25, -0.2) is 4.99 Å². The minimum Gasteiger partial charge on any atom is -0.497 e. The Morgan fingerprint density at radius 2 is 1.81 bits per heavy atom. The third kappa shape index (κ3) is 3.70. The van der Waals surface area contributed by atoms with Gasteiger partial charge in [0, 0.05) is 5.39 Å². The monoisotopic (exact) mass is 378 g/mol. The largest absolute Gasteiger partial charge is 0.497 e. The van der Waals surface area contributed by atoms with Crippen LogP contribution in [0.4, 0.5) is 18.9 Å². The van der Waals surface area contributed by atoms with E-state index in [-0.39, 0.29) is 27.1 Å². The maximum atomic E-state index is 12.9. The van der Waals surface area contributed by atoms with E-state index in [1.807, 2.05) is 0 Å². The molecule has 0 atom stereocenters. The molecule has 1 heterocycles. The maximum absolute atomic E-state index is 12.9. The van der Waals surface area contributed by atoms with E-state index in [4.69, 9.17) is 27.1 Å². The molecule has 0 radical (unpaired) electrons. The van der Waals surface area contributed by atoms with Crippen LogP contribution >= 0.6 is 12.2 Å². The Bertz CT molecular complexity index is 1040. The minimum atomic E-state index is -4.45. The summed E-state index contributed by atoms with van der Waals surface area (Å²) in [5, 5.41) is 0.233. The molecule has 0 aliphatic carbocycles. The van der Waals surface area contributed by atoms with E-state index in [1.165, 1.54) is 12.1 Å². The lowest BCUT2D eigenvalue weighted by molar-refractivity contribution is -0.137. The quantitative estimate of drug-likeness (QED) is 0.690. The molecule has 26 heavy (non-hydrogen) atoms. The summed E-state index contributed by atoms with van der Waals surface area (Å²) in [6, 6.07) is 11.5. The zero-order chi connectivity index (χ0) is 18.9. The van der Waals surface area contributed by atoms with Crippen molar-refractivity contribution in [2.75, 3.05) is 7.11 Å². The Morgan fingerprint density at radius 3 is 2.38 bits per heavy atom. The van der Waals surface area contributed by atoms with Crippen LogP contribution < -0.4 is 16.0 Å². The summed E-state index contributed by atoms with van der Waals surface area (Å²) in [4.78, 5) is 4.32. The van der Waals surface area contributed by atoms with E-state index in [2.05, 4.69) is 4.99 Å². The van der Waals surface area contributed by atoms with Gasteiger partial charge in [-0.2, -0.15) is 13.2 Å². The summed E-state index contributed by atoms with van der Waals surface area (Å²) >= 11 is 4.99. The zero-order valence-corrected chi connectivity index (χ0v) is 14.3. The molecule has 0 amide bonds. The Morgan fingerprint density at radius 1 is 1.12 bits per heavy atom. The predicted octanol–water partition coefficient (Wildman–Crippen LogP) is 4.33. The van der Waals surface area contributed by atoms with E-state index >= 15 is 0 Å². The van der Waals surface area contributed by atoms with Gasteiger partial charge < -0.3 is 14.9 Å². The van der Waals surface area contributed by atoms with Crippen LogP contribution in [-0.4, -0.2) is 12.1 Å². The SMILES string of the molecule is COc1ccc(/N=c2\oc3ccc(C(F)(F)F)cc3cc2C(N)=S)cc1. The van der Waals surface area contributed by atoms with Crippen molar-refractivity contribution in [3.63, 3.8) is 0 Å². The molecule has 2 N–H and O–H groups in total. The van der Waals surface area contributed by atoms with Gasteiger partial charge in [-0.05, 0) is 48.5 Å². The lowest BCUT2D eigenvalue weighted by atomic mass is 10.1. The number of fused-ring (bicyclic) bond motifs is 1. The van der Waals surface area contributed by atoms with Crippen LogP contribution in [0.3, 0.4) is 0 Å².